The predicted molar refractivity (Wildman–Crippen MR) is 70.9 cm³/mol. The number of nitrogens with zero attached hydrogens (tertiary/aromatic N) is 2. The molecule has 0 bridgehead atoms. The molecule has 0 spiro atoms. The van der Waals surface area contributed by atoms with Crippen molar-refractivity contribution >= 4 is 0 Å². The van der Waals surface area contributed by atoms with Crippen molar-refractivity contribution in [2.75, 3.05) is 47.3 Å². The van der Waals surface area contributed by atoms with Crippen LogP contribution in [0.1, 0.15) is 26.2 Å². The number of nitrogens with one attached hydrogen (secondary N) is 1. The van der Waals surface area contributed by atoms with Crippen LogP contribution in [0.25, 0.3) is 0 Å². The molecule has 3 heteroatoms. The summed E-state index contributed by atoms with van der Waals surface area (Å²) in [5.41, 5.74) is 0. The lowest BCUT2D eigenvalue weighted by Gasteiger charge is -2.43. The molecule has 3 nitrogen and oxygen atoms in total. The van der Waals surface area contributed by atoms with Gasteiger partial charge >= 0.3 is 0 Å². The molecular formula is C13H29N3. The maximum Gasteiger partial charge on any atom is 0.0133 e. The number of hydrogen-bond donors (Lipinski definition) is 1. The molecule has 1 aliphatic rings. The van der Waals surface area contributed by atoms with Crippen molar-refractivity contribution in [3.8, 4) is 0 Å². The first kappa shape index (κ1) is 13.9. The Bertz CT molecular complexity index is 182. The summed E-state index contributed by atoms with van der Waals surface area (Å²) in [4.78, 5) is 4.81. The first-order chi connectivity index (χ1) is 7.65. The minimum Gasteiger partial charge on any atom is -0.316 e. The highest BCUT2D eigenvalue weighted by atomic mass is 15.2. The second-order valence-electron chi connectivity index (χ2n) is 5.39. The van der Waals surface area contributed by atoms with Crippen LogP contribution >= 0.6 is 0 Å². The second kappa shape index (κ2) is 7.25. The van der Waals surface area contributed by atoms with Gasteiger partial charge in [0.2, 0.25) is 0 Å². The standard InChI is InChI=1S/C13H29N3/c1-5-8-14-11-12-6-7-13(12)16(4)10-9-15(2)3/h12-14H,5-11H2,1-4H3. The molecule has 0 aromatic heterocycles. The fourth-order valence-corrected chi connectivity index (χ4v) is 2.36. The normalized spacial score (nSPS) is 25.1. The molecule has 1 fully saturated rings. The van der Waals surface area contributed by atoms with Gasteiger partial charge in [0.1, 0.15) is 0 Å². The zero-order valence-corrected chi connectivity index (χ0v) is 11.5. The smallest absolute Gasteiger partial charge is 0.0133 e. The third kappa shape index (κ3) is 4.40. The minimum atomic E-state index is 0.823. The molecule has 1 rings (SSSR count). The van der Waals surface area contributed by atoms with Gasteiger partial charge < -0.3 is 15.1 Å². The first-order valence-electron chi connectivity index (χ1n) is 6.70. The Kier molecular flexibility index (Phi) is 6.32. The van der Waals surface area contributed by atoms with E-state index in [0.29, 0.717) is 0 Å². The van der Waals surface area contributed by atoms with Crippen LogP contribution < -0.4 is 5.32 Å². The molecule has 1 N–H and O–H groups in total. The molecule has 16 heavy (non-hydrogen) atoms. The van der Waals surface area contributed by atoms with Crippen LogP contribution in [0.15, 0.2) is 0 Å². The van der Waals surface area contributed by atoms with E-state index in [2.05, 4.69) is 43.2 Å². The molecule has 0 amide bonds. The van der Waals surface area contributed by atoms with Gasteiger partial charge in [-0.05, 0) is 59.4 Å². The molecular weight excluding hydrogens is 198 g/mol. The van der Waals surface area contributed by atoms with Crippen LogP contribution in [0.2, 0.25) is 0 Å². The minimum absolute atomic E-state index is 0.823. The van der Waals surface area contributed by atoms with Gasteiger partial charge in [0.25, 0.3) is 0 Å². The zero-order chi connectivity index (χ0) is 12.0. The molecule has 0 aromatic carbocycles. The van der Waals surface area contributed by atoms with Gasteiger partial charge in [-0.15, -0.1) is 0 Å². The van der Waals surface area contributed by atoms with Gasteiger partial charge in [-0.1, -0.05) is 6.92 Å². The van der Waals surface area contributed by atoms with Crippen LogP contribution in [0.3, 0.4) is 0 Å². The van der Waals surface area contributed by atoms with Crippen molar-refractivity contribution in [1.29, 1.82) is 0 Å². The summed E-state index contributed by atoms with van der Waals surface area (Å²) in [6.45, 7) is 6.98. The van der Waals surface area contributed by atoms with Crippen LogP contribution in [0.5, 0.6) is 0 Å². The Hall–Kier alpha value is -0.120. The highest BCUT2D eigenvalue weighted by Crippen LogP contribution is 2.30. The summed E-state index contributed by atoms with van der Waals surface area (Å²) in [6, 6.07) is 0.823. The summed E-state index contributed by atoms with van der Waals surface area (Å²) in [6.07, 6.45) is 4.05. The summed E-state index contributed by atoms with van der Waals surface area (Å²) in [7, 11) is 6.57. The number of hydrogen-bond acceptors (Lipinski definition) is 3. The zero-order valence-electron chi connectivity index (χ0n) is 11.5. The van der Waals surface area contributed by atoms with Crippen LogP contribution in [-0.4, -0.2) is 63.2 Å². The Morgan fingerprint density at radius 3 is 2.38 bits per heavy atom. The molecule has 0 aromatic rings. The van der Waals surface area contributed by atoms with Crippen LogP contribution in [0.4, 0.5) is 0 Å². The number of rotatable bonds is 8. The topological polar surface area (TPSA) is 18.5 Å². The van der Waals surface area contributed by atoms with Crippen molar-refractivity contribution in [2.24, 2.45) is 5.92 Å². The summed E-state index contributed by atoms with van der Waals surface area (Å²) in [5, 5.41) is 3.55. The van der Waals surface area contributed by atoms with E-state index in [1.807, 2.05) is 0 Å². The quantitative estimate of drug-likeness (QED) is 0.630. The molecule has 0 saturated heterocycles. The van der Waals surface area contributed by atoms with Crippen LogP contribution in [0, 0.1) is 5.92 Å². The van der Waals surface area contributed by atoms with E-state index in [4.69, 9.17) is 0 Å². The molecule has 96 valence electrons. The average molecular weight is 227 g/mol. The summed E-state index contributed by atoms with van der Waals surface area (Å²) >= 11 is 0. The Balaban J connectivity index is 2.15. The van der Waals surface area contributed by atoms with E-state index < -0.39 is 0 Å². The van der Waals surface area contributed by atoms with Gasteiger partial charge in [0, 0.05) is 19.1 Å². The van der Waals surface area contributed by atoms with E-state index in [1.165, 1.54) is 45.4 Å². The Labute approximate surface area is 101 Å². The lowest BCUT2D eigenvalue weighted by Crippen LogP contribution is -2.50. The van der Waals surface area contributed by atoms with Gasteiger partial charge in [-0.25, -0.2) is 0 Å². The maximum atomic E-state index is 3.55. The Morgan fingerprint density at radius 1 is 1.12 bits per heavy atom. The van der Waals surface area contributed by atoms with Gasteiger partial charge in [0.05, 0.1) is 0 Å². The van der Waals surface area contributed by atoms with E-state index >= 15 is 0 Å². The monoisotopic (exact) mass is 227 g/mol. The molecule has 2 unspecified atom stereocenters. The Morgan fingerprint density at radius 2 is 1.88 bits per heavy atom. The molecule has 1 aliphatic carbocycles. The third-order valence-electron chi connectivity index (χ3n) is 3.68. The van der Waals surface area contributed by atoms with Gasteiger partial charge in [-0.3, -0.25) is 0 Å². The molecule has 2 atom stereocenters. The molecule has 0 aliphatic heterocycles. The van der Waals surface area contributed by atoms with Crippen molar-refractivity contribution in [3.63, 3.8) is 0 Å². The highest BCUT2D eigenvalue weighted by Gasteiger charge is 2.32. The molecule has 1 saturated carbocycles. The average Bonchev–Trinajstić information content (AvgIpc) is 2.20. The molecule has 0 heterocycles. The SMILES string of the molecule is CCCNCC1CCC1N(C)CCN(C)C. The van der Waals surface area contributed by atoms with Crippen molar-refractivity contribution in [3.05, 3.63) is 0 Å². The second-order valence-corrected chi connectivity index (χ2v) is 5.39. The fraction of sp³-hybridized carbons (Fsp3) is 1.00. The van der Waals surface area contributed by atoms with E-state index in [1.54, 1.807) is 0 Å². The van der Waals surface area contributed by atoms with Gasteiger partial charge in [0.15, 0.2) is 0 Å². The van der Waals surface area contributed by atoms with Crippen molar-refractivity contribution in [2.45, 2.75) is 32.2 Å². The summed E-state index contributed by atoms with van der Waals surface area (Å²) in [5.74, 6) is 0.888. The maximum absolute atomic E-state index is 3.55. The van der Waals surface area contributed by atoms with E-state index in [-0.39, 0.29) is 0 Å². The third-order valence-corrected chi connectivity index (χ3v) is 3.68. The summed E-state index contributed by atoms with van der Waals surface area (Å²) < 4.78 is 0. The predicted octanol–water partition coefficient (Wildman–Crippen LogP) is 1.26. The van der Waals surface area contributed by atoms with Crippen molar-refractivity contribution in [1.82, 2.24) is 15.1 Å². The highest BCUT2D eigenvalue weighted by molar-refractivity contribution is 4.88. The lowest BCUT2D eigenvalue weighted by atomic mass is 9.78. The van der Waals surface area contributed by atoms with Gasteiger partial charge in [-0.2, -0.15) is 0 Å². The van der Waals surface area contributed by atoms with Crippen molar-refractivity contribution < 1.29 is 0 Å². The number of likely N-dealkylation sites (N-methyl/N-ethyl adjacent to an activating group) is 2. The molecule has 0 radical (unpaired) electrons. The van der Waals surface area contributed by atoms with Crippen LogP contribution in [-0.2, 0) is 0 Å². The van der Waals surface area contributed by atoms with E-state index in [0.717, 1.165) is 12.0 Å². The van der Waals surface area contributed by atoms with E-state index in [9.17, 15) is 0 Å². The first-order valence-corrected chi connectivity index (χ1v) is 6.70. The fourth-order valence-electron chi connectivity index (χ4n) is 2.36. The lowest BCUT2D eigenvalue weighted by molar-refractivity contribution is 0.0786. The largest absolute Gasteiger partial charge is 0.316 e.